The third-order valence-electron chi connectivity index (χ3n) is 5.75. The van der Waals surface area contributed by atoms with E-state index in [1.807, 2.05) is 31.5 Å². The van der Waals surface area contributed by atoms with Crippen molar-refractivity contribution in [3.8, 4) is 11.5 Å². The molecule has 0 spiro atoms. The van der Waals surface area contributed by atoms with Gasteiger partial charge in [-0.3, -0.25) is 19.3 Å². The van der Waals surface area contributed by atoms with Crippen molar-refractivity contribution in [2.45, 2.75) is 32.7 Å². The van der Waals surface area contributed by atoms with Crippen molar-refractivity contribution in [2.24, 2.45) is 0 Å². The molecule has 0 radical (unpaired) electrons. The summed E-state index contributed by atoms with van der Waals surface area (Å²) in [6, 6.07) is 11.7. The maximum Gasteiger partial charge on any atom is 0.262 e. The van der Waals surface area contributed by atoms with Crippen molar-refractivity contribution < 1.29 is 23.9 Å². The van der Waals surface area contributed by atoms with Gasteiger partial charge in [-0.15, -0.1) is 0 Å². The van der Waals surface area contributed by atoms with E-state index in [4.69, 9.17) is 9.47 Å². The lowest BCUT2D eigenvalue weighted by Gasteiger charge is -2.26. The topological polar surface area (TPSA) is 88.7 Å². The summed E-state index contributed by atoms with van der Waals surface area (Å²) >= 11 is 0. The average molecular weight is 447 g/mol. The number of ketones is 1. The Balaban J connectivity index is 1.76. The molecule has 2 amide bonds. The van der Waals surface area contributed by atoms with Gasteiger partial charge in [0.1, 0.15) is 5.78 Å². The Labute approximate surface area is 192 Å². The summed E-state index contributed by atoms with van der Waals surface area (Å²) in [5, 5.41) is 0. The molecule has 4 rings (SSSR count). The third-order valence-corrected chi connectivity index (χ3v) is 5.75. The van der Waals surface area contributed by atoms with Crippen molar-refractivity contribution in [3.05, 3.63) is 82.7 Å². The number of H-pyrrole nitrogens is 1. The SMILES string of the molecule is CCOc1cc([C@@H](CC(C)=O)N2C(=O)c3cccc(Cc4cc[nH]c4)c3C2=O)ccc1OC. The van der Waals surface area contributed by atoms with Crippen LogP contribution in [0.4, 0.5) is 0 Å². The molecule has 0 fully saturated rings. The van der Waals surface area contributed by atoms with Gasteiger partial charge in [0, 0.05) is 18.8 Å². The first kappa shape index (κ1) is 22.3. The molecule has 170 valence electrons. The van der Waals surface area contributed by atoms with Crippen molar-refractivity contribution in [3.63, 3.8) is 0 Å². The van der Waals surface area contributed by atoms with Crippen LogP contribution in [0, 0.1) is 0 Å². The minimum Gasteiger partial charge on any atom is -0.493 e. The van der Waals surface area contributed by atoms with Crippen LogP contribution in [-0.4, -0.2) is 41.2 Å². The van der Waals surface area contributed by atoms with Gasteiger partial charge in [-0.05, 0) is 61.2 Å². The van der Waals surface area contributed by atoms with Crippen LogP contribution in [0.3, 0.4) is 0 Å². The van der Waals surface area contributed by atoms with Gasteiger partial charge >= 0.3 is 0 Å². The number of carbonyl (C=O) groups is 3. The van der Waals surface area contributed by atoms with E-state index in [0.717, 1.165) is 11.1 Å². The molecule has 1 N–H and O–H groups in total. The molecule has 33 heavy (non-hydrogen) atoms. The van der Waals surface area contributed by atoms with Gasteiger partial charge in [-0.1, -0.05) is 18.2 Å². The summed E-state index contributed by atoms with van der Waals surface area (Å²) < 4.78 is 11.0. The number of carbonyl (C=O) groups excluding carboxylic acids is 3. The Kier molecular flexibility index (Phi) is 6.31. The van der Waals surface area contributed by atoms with E-state index in [1.54, 1.807) is 37.4 Å². The van der Waals surface area contributed by atoms with Crippen LogP contribution < -0.4 is 9.47 Å². The number of hydrogen-bond donors (Lipinski definition) is 1. The summed E-state index contributed by atoms with van der Waals surface area (Å²) in [5.41, 5.74) is 3.19. The van der Waals surface area contributed by atoms with Crippen molar-refractivity contribution >= 4 is 17.6 Å². The zero-order valence-corrected chi connectivity index (χ0v) is 18.9. The highest BCUT2D eigenvalue weighted by atomic mass is 16.5. The number of nitrogens with zero attached hydrogens (tertiary/aromatic N) is 1. The molecule has 7 nitrogen and oxygen atoms in total. The molecule has 0 saturated heterocycles. The number of imide groups is 1. The minimum atomic E-state index is -0.750. The summed E-state index contributed by atoms with van der Waals surface area (Å²) in [6.45, 7) is 3.73. The Morgan fingerprint density at radius 1 is 1.09 bits per heavy atom. The summed E-state index contributed by atoms with van der Waals surface area (Å²) in [7, 11) is 1.54. The van der Waals surface area contributed by atoms with Gasteiger partial charge < -0.3 is 14.5 Å². The number of nitrogens with one attached hydrogen (secondary N) is 1. The predicted molar refractivity (Wildman–Crippen MR) is 123 cm³/mol. The molecule has 0 saturated carbocycles. The number of rotatable bonds is 9. The summed E-state index contributed by atoms with van der Waals surface area (Å²) in [5.74, 6) is 0.124. The number of ether oxygens (including phenoxy) is 2. The lowest BCUT2D eigenvalue weighted by atomic mass is 9.98. The van der Waals surface area contributed by atoms with Crippen molar-refractivity contribution in [1.29, 1.82) is 0 Å². The van der Waals surface area contributed by atoms with Crippen LogP contribution in [0.1, 0.15) is 63.7 Å². The van der Waals surface area contributed by atoms with Crippen LogP contribution in [0.2, 0.25) is 0 Å². The molecule has 1 aliphatic rings. The van der Waals surface area contributed by atoms with E-state index >= 15 is 0 Å². The van der Waals surface area contributed by atoms with Crippen molar-refractivity contribution in [2.75, 3.05) is 13.7 Å². The molecule has 1 aliphatic heterocycles. The molecule has 1 aromatic heterocycles. The molecular formula is C26H26N2O5. The molecule has 0 unspecified atom stereocenters. The fraction of sp³-hybridized carbons (Fsp3) is 0.269. The number of aromatic nitrogens is 1. The normalized spacial score (nSPS) is 13.7. The lowest BCUT2D eigenvalue weighted by molar-refractivity contribution is -0.117. The molecule has 2 heterocycles. The molecular weight excluding hydrogens is 420 g/mol. The first-order valence-electron chi connectivity index (χ1n) is 10.9. The average Bonchev–Trinajstić information content (AvgIpc) is 3.39. The predicted octanol–water partition coefficient (Wildman–Crippen LogP) is 4.33. The Morgan fingerprint density at radius 2 is 1.91 bits per heavy atom. The highest BCUT2D eigenvalue weighted by molar-refractivity contribution is 6.22. The maximum atomic E-state index is 13.6. The van der Waals surface area contributed by atoms with Gasteiger partial charge in [0.15, 0.2) is 11.5 Å². The maximum absolute atomic E-state index is 13.6. The fourth-order valence-electron chi connectivity index (χ4n) is 4.29. The van der Waals surface area contributed by atoms with Crippen LogP contribution >= 0.6 is 0 Å². The zero-order valence-electron chi connectivity index (χ0n) is 18.9. The smallest absolute Gasteiger partial charge is 0.262 e. The first-order valence-corrected chi connectivity index (χ1v) is 10.9. The van der Waals surface area contributed by atoms with Crippen LogP contribution in [0.25, 0.3) is 0 Å². The van der Waals surface area contributed by atoms with Crippen LogP contribution in [-0.2, 0) is 11.2 Å². The highest BCUT2D eigenvalue weighted by Gasteiger charge is 2.42. The van der Waals surface area contributed by atoms with Gasteiger partial charge in [0.05, 0.1) is 30.9 Å². The molecule has 3 aromatic rings. The number of aromatic amines is 1. The lowest BCUT2D eigenvalue weighted by Crippen LogP contribution is -2.35. The number of fused-ring (bicyclic) bond motifs is 1. The van der Waals surface area contributed by atoms with Gasteiger partial charge in [-0.25, -0.2) is 0 Å². The zero-order chi connectivity index (χ0) is 23.5. The van der Waals surface area contributed by atoms with Gasteiger partial charge in [0.2, 0.25) is 0 Å². The van der Waals surface area contributed by atoms with E-state index in [2.05, 4.69) is 4.98 Å². The second kappa shape index (κ2) is 9.32. The van der Waals surface area contributed by atoms with Crippen LogP contribution in [0.5, 0.6) is 11.5 Å². The molecule has 7 heteroatoms. The third kappa shape index (κ3) is 4.26. The van der Waals surface area contributed by atoms with E-state index in [-0.39, 0.29) is 18.1 Å². The number of amides is 2. The summed E-state index contributed by atoms with van der Waals surface area (Å²) in [6.07, 6.45) is 4.22. The highest BCUT2D eigenvalue weighted by Crippen LogP contribution is 2.38. The second-order valence-electron chi connectivity index (χ2n) is 7.98. The quantitative estimate of drug-likeness (QED) is 0.494. The number of benzene rings is 2. The Hall–Kier alpha value is -3.87. The van der Waals surface area contributed by atoms with Crippen LogP contribution in [0.15, 0.2) is 54.9 Å². The first-order chi connectivity index (χ1) is 15.9. The Bertz CT molecular complexity index is 1200. The van der Waals surface area contributed by atoms with E-state index in [0.29, 0.717) is 41.2 Å². The van der Waals surface area contributed by atoms with E-state index < -0.39 is 11.9 Å². The molecule has 1 atom stereocenters. The standard InChI is InChI=1S/C26H26N2O5/c1-4-33-23-14-18(8-9-22(23)32-3)21(12-16(2)29)28-25(30)20-7-5-6-19(24(20)26(28)31)13-17-10-11-27-15-17/h5-11,14-15,21,27H,4,12-13H2,1-3H3/t21-/m1/s1. The Morgan fingerprint density at radius 3 is 2.58 bits per heavy atom. The monoisotopic (exact) mass is 446 g/mol. The number of methoxy groups -OCH3 is 1. The molecule has 0 bridgehead atoms. The van der Waals surface area contributed by atoms with Crippen molar-refractivity contribution in [1.82, 2.24) is 9.88 Å². The fourth-order valence-corrected chi connectivity index (χ4v) is 4.29. The number of hydrogen-bond acceptors (Lipinski definition) is 5. The summed E-state index contributed by atoms with van der Waals surface area (Å²) in [4.78, 5) is 43.4. The van der Waals surface area contributed by atoms with Gasteiger partial charge in [-0.2, -0.15) is 0 Å². The molecule has 0 aliphatic carbocycles. The van der Waals surface area contributed by atoms with Gasteiger partial charge in [0.25, 0.3) is 11.8 Å². The largest absolute Gasteiger partial charge is 0.493 e. The van der Waals surface area contributed by atoms with E-state index in [1.165, 1.54) is 11.8 Å². The molecule has 2 aromatic carbocycles. The number of Topliss-reactive ketones (excluding diaryl/α,β-unsaturated/α-hetero) is 1. The second-order valence-corrected chi connectivity index (χ2v) is 7.98. The van der Waals surface area contributed by atoms with E-state index in [9.17, 15) is 14.4 Å². The minimum absolute atomic E-state index is 0.0104.